The van der Waals surface area contributed by atoms with Crippen LogP contribution in [0.3, 0.4) is 0 Å². The van der Waals surface area contributed by atoms with Gasteiger partial charge in [0, 0.05) is 11.8 Å². The fraction of sp³-hybridized carbons (Fsp3) is 0.467. The summed E-state index contributed by atoms with van der Waals surface area (Å²) in [5, 5.41) is 13.8. The van der Waals surface area contributed by atoms with Crippen molar-refractivity contribution in [2.45, 2.75) is 32.4 Å². The van der Waals surface area contributed by atoms with Crippen LogP contribution in [0.5, 0.6) is 0 Å². The van der Waals surface area contributed by atoms with E-state index >= 15 is 0 Å². The van der Waals surface area contributed by atoms with Gasteiger partial charge in [0.25, 0.3) is 5.91 Å². The molecule has 24 heavy (non-hydrogen) atoms. The van der Waals surface area contributed by atoms with Gasteiger partial charge in [-0.3, -0.25) is 10.1 Å². The molecule has 1 aromatic rings. The number of pyridine rings is 1. The maximum Gasteiger partial charge on any atom is 0.413 e. The summed E-state index contributed by atoms with van der Waals surface area (Å²) in [5.74, 6) is -1.29. The summed E-state index contributed by atoms with van der Waals surface area (Å²) in [6.45, 7) is 4.54. The third kappa shape index (κ3) is 6.21. The van der Waals surface area contributed by atoms with E-state index in [1.807, 2.05) is 0 Å². The second-order valence-corrected chi connectivity index (χ2v) is 5.79. The number of hydrogen-bond donors (Lipinski definition) is 3. The maximum absolute atomic E-state index is 12.1. The molecule has 1 heterocycles. The van der Waals surface area contributed by atoms with Crippen LogP contribution in [0, 0.1) is 0 Å². The van der Waals surface area contributed by atoms with Crippen LogP contribution in [-0.2, 0) is 14.3 Å². The first kappa shape index (κ1) is 19.4. The van der Waals surface area contributed by atoms with Gasteiger partial charge in [-0.25, -0.2) is 14.6 Å². The normalized spacial score (nSPS) is 12.0. The van der Waals surface area contributed by atoms with Gasteiger partial charge in [0.2, 0.25) is 0 Å². The van der Waals surface area contributed by atoms with Crippen LogP contribution in [0.4, 0.5) is 10.6 Å². The van der Waals surface area contributed by atoms with Gasteiger partial charge in [0.05, 0.1) is 13.7 Å². The van der Waals surface area contributed by atoms with Gasteiger partial charge in [0.1, 0.15) is 11.4 Å². The topological polar surface area (TPSA) is 127 Å². The molecule has 0 aliphatic rings. The second kappa shape index (κ2) is 8.25. The van der Waals surface area contributed by atoms with Crippen molar-refractivity contribution >= 4 is 23.8 Å². The fourth-order valence-electron chi connectivity index (χ4n) is 1.61. The summed E-state index contributed by atoms with van der Waals surface area (Å²) in [6, 6.07) is 1.52. The Morgan fingerprint density at radius 1 is 1.33 bits per heavy atom. The van der Waals surface area contributed by atoms with Crippen molar-refractivity contribution in [1.29, 1.82) is 0 Å². The standard InChI is InChI=1S/C15H21N3O6/c1-15(2,3)24-14(22)18-11-7-9(5-6-16-11)12(20)17-10(8-19)13(21)23-4/h5-7,10,19H,8H2,1-4H3,(H,17,20)(H,16,18,22)/t10-/m0/s1. The summed E-state index contributed by atoms with van der Waals surface area (Å²) in [6.07, 6.45) is 0.601. The first-order valence-electron chi connectivity index (χ1n) is 7.12. The molecule has 3 N–H and O–H groups in total. The molecular weight excluding hydrogens is 318 g/mol. The largest absolute Gasteiger partial charge is 0.467 e. The Morgan fingerprint density at radius 3 is 2.54 bits per heavy atom. The molecule has 9 nitrogen and oxygen atoms in total. The Labute approximate surface area is 139 Å². The molecule has 1 atom stereocenters. The van der Waals surface area contributed by atoms with E-state index in [0.29, 0.717) is 0 Å². The molecule has 0 aliphatic heterocycles. The molecule has 0 aromatic carbocycles. The van der Waals surface area contributed by atoms with Gasteiger partial charge in [-0.1, -0.05) is 0 Å². The van der Waals surface area contributed by atoms with Crippen LogP contribution in [0.25, 0.3) is 0 Å². The van der Waals surface area contributed by atoms with Crippen molar-refractivity contribution in [2.75, 3.05) is 19.0 Å². The number of ether oxygens (including phenoxy) is 2. The highest BCUT2D eigenvalue weighted by Crippen LogP contribution is 2.11. The van der Waals surface area contributed by atoms with E-state index < -0.39 is 36.2 Å². The van der Waals surface area contributed by atoms with Crippen LogP contribution < -0.4 is 10.6 Å². The zero-order valence-electron chi connectivity index (χ0n) is 14.0. The molecule has 0 bridgehead atoms. The molecule has 132 valence electrons. The Bertz CT molecular complexity index is 611. The third-order valence-electron chi connectivity index (χ3n) is 2.62. The van der Waals surface area contributed by atoms with Crippen LogP contribution >= 0.6 is 0 Å². The van der Waals surface area contributed by atoms with E-state index in [2.05, 4.69) is 20.4 Å². The van der Waals surface area contributed by atoms with E-state index in [4.69, 9.17) is 9.84 Å². The van der Waals surface area contributed by atoms with Crippen molar-refractivity contribution in [1.82, 2.24) is 10.3 Å². The number of aliphatic hydroxyl groups excluding tert-OH is 1. The lowest BCUT2D eigenvalue weighted by Gasteiger charge is -2.19. The number of rotatable bonds is 5. The van der Waals surface area contributed by atoms with Crippen molar-refractivity contribution in [3.8, 4) is 0 Å². The highest BCUT2D eigenvalue weighted by molar-refractivity contribution is 5.97. The van der Waals surface area contributed by atoms with Crippen LogP contribution in [0.2, 0.25) is 0 Å². The molecule has 2 amide bonds. The van der Waals surface area contributed by atoms with Gasteiger partial charge < -0.3 is 19.9 Å². The number of carbonyl (C=O) groups excluding carboxylic acids is 3. The predicted octanol–water partition coefficient (Wildman–Crippen LogP) is 0.692. The summed E-state index contributed by atoms with van der Waals surface area (Å²) >= 11 is 0. The van der Waals surface area contributed by atoms with E-state index in [1.165, 1.54) is 18.3 Å². The summed E-state index contributed by atoms with van der Waals surface area (Å²) in [4.78, 5) is 39.1. The number of esters is 1. The second-order valence-electron chi connectivity index (χ2n) is 5.79. The molecule has 1 aromatic heterocycles. The lowest BCUT2D eigenvalue weighted by atomic mass is 10.2. The number of hydrogen-bond acceptors (Lipinski definition) is 7. The van der Waals surface area contributed by atoms with Crippen molar-refractivity contribution < 1.29 is 29.0 Å². The molecule has 0 unspecified atom stereocenters. The number of methoxy groups -OCH3 is 1. The predicted molar refractivity (Wildman–Crippen MR) is 84.4 cm³/mol. The van der Waals surface area contributed by atoms with Gasteiger partial charge in [-0.05, 0) is 32.9 Å². The first-order chi connectivity index (χ1) is 11.2. The van der Waals surface area contributed by atoms with Gasteiger partial charge >= 0.3 is 12.1 Å². The number of aliphatic hydroxyl groups is 1. The highest BCUT2D eigenvalue weighted by atomic mass is 16.6. The van der Waals surface area contributed by atoms with Crippen LogP contribution in [0.15, 0.2) is 18.3 Å². The summed E-state index contributed by atoms with van der Waals surface area (Å²) in [5.41, 5.74) is -0.535. The quantitative estimate of drug-likeness (QED) is 0.674. The van der Waals surface area contributed by atoms with Crippen molar-refractivity contribution in [2.24, 2.45) is 0 Å². The lowest BCUT2D eigenvalue weighted by Crippen LogP contribution is -2.44. The van der Waals surface area contributed by atoms with E-state index in [1.54, 1.807) is 20.8 Å². The summed E-state index contributed by atoms with van der Waals surface area (Å²) in [7, 11) is 1.15. The molecule has 0 saturated heterocycles. The minimum absolute atomic E-state index is 0.107. The number of nitrogens with one attached hydrogen (secondary N) is 2. The van der Waals surface area contributed by atoms with Crippen LogP contribution in [0.1, 0.15) is 31.1 Å². The Morgan fingerprint density at radius 2 is 2.00 bits per heavy atom. The number of amides is 2. The molecular formula is C15H21N3O6. The highest BCUT2D eigenvalue weighted by Gasteiger charge is 2.22. The number of carbonyl (C=O) groups is 3. The van der Waals surface area contributed by atoms with E-state index in [9.17, 15) is 14.4 Å². The molecule has 0 saturated carbocycles. The first-order valence-corrected chi connectivity index (χ1v) is 7.12. The lowest BCUT2D eigenvalue weighted by molar-refractivity contribution is -0.143. The smallest absolute Gasteiger partial charge is 0.413 e. The zero-order chi connectivity index (χ0) is 18.3. The maximum atomic E-state index is 12.1. The number of aromatic nitrogens is 1. The molecule has 0 fully saturated rings. The van der Waals surface area contributed by atoms with Gasteiger partial charge in [-0.2, -0.15) is 0 Å². The number of nitrogens with zero attached hydrogens (tertiary/aromatic N) is 1. The molecule has 0 spiro atoms. The molecule has 0 radical (unpaired) electrons. The minimum atomic E-state index is -1.18. The Kier molecular flexibility index (Phi) is 6.66. The average molecular weight is 339 g/mol. The third-order valence-corrected chi connectivity index (χ3v) is 2.62. The van der Waals surface area contributed by atoms with Crippen LogP contribution in [-0.4, -0.2) is 53.4 Å². The van der Waals surface area contributed by atoms with Crippen molar-refractivity contribution in [3.63, 3.8) is 0 Å². The minimum Gasteiger partial charge on any atom is -0.467 e. The van der Waals surface area contributed by atoms with Gasteiger partial charge in [-0.15, -0.1) is 0 Å². The molecule has 1 rings (SSSR count). The Hall–Kier alpha value is -2.68. The molecule has 9 heteroatoms. The van der Waals surface area contributed by atoms with E-state index in [0.717, 1.165) is 7.11 Å². The van der Waals surface area contributed by atoms with Crippen molar-refractivity contribution in [3.05, 3.63) is 23.9 Å². The SMILES string of the molecule is COC(=O)[C@H](CO)NC(=O)c1ccnc(NC(=O)OC(C)(C)C)c1. The molecule has 0 aliphatic carbocycles. The zero-order valence-corrected chi connectivity index (χ0v) is 14.0. The van der Waals surface area contributed by atoms with Gasteiger partial charge in [0.15, 0.2) is 6.04 Å². The Balaban J connectivity index is 2.79. The number of anilines is 1. The average Bonchev–Trinajstić information content (AvgIpc) is 2.49. The monoisotopic (exact) mass is 339 g/mol. The fourth-order valence-corrected chi connectivity index (χ4v) is 1.61. The summed E-state index contributed by atoms with van der Waals surface area (Å²) < 4.78 is 9.55. The van der Waals surface area contributed by atoms with E-state index in [-0.39, 0.29) is 11.4 Å².